The first-order chi connectivity index (χ1) is 20.9. The largest absolute Gasteiger partial charge is 0.497 e. The SMILES string of the molecule is COc1ccc(C(=O)N(CCCNC(=O)OC(C)(C)C)C(c2cc3cc(C)nn3c(=O)n2Cc2ccccc2)C(C)C)cc1. The van der Waals surface area contributed by atoms with Crippen LogP contribution in [-0.2, 0) is 11.3 Å². The number of carbonyl (C=O) groups excluding carboxylic acids is 2. The van der Waals surface area contributed by atoms with Gasteiger partial charge in [-0.2, -0.15) is 9.61 Å². The van der Waals surface area contributed by atoms with Crippen LogP contribution < -0.4 is 15.7 Å². The Morgan fingerprint density at radius 3 is 2.32 bits per heavy atom. The number of aromatic nitrogens is 3. The summed E-state index contributed by atoms with van der Waals surface area (Å²) in [5, 5.41) is 7.24. The van der Waals surface area contributed by atoms with Crippen LogP contribution in [-0.4, -0.2) is 56.9 Å². The number of methoxy groups -OCH3 is 1. The molecule has 0 bridgehead atoms. The molecule has 234 valence electrons. The molecule has 0 aliphatic rings. The van der Waals surface area contributed by atoms with Crippen LogP contribution in [0, 0.1) is 12.8 Å². The van der Waals surface area contributed by atoms with E-state index in [0.29, 0.717) is 48.6 Å². The number of amides is 2. The molecular weight excluding hydrogens is 558 g/mol. The van der Waals surface area contributed by atoms with E-state index in [-0.39, 0.29) is 17.5 Å². The van der Waals surface area contributed by atoms with Gasteiger partial charge in [-0.05, 0) is 82.0 Å². The fraction of sp³-hybridized carbons (Fsp3) is 0.412. The van der Waals surface area contributed by atoms with Gasteiger partial charge in [0.15, 0.2) is 0 Å². The van der Waals surface area contributed by atoms with Gasteiger partial charge in [0.2, 0.25) is 0 Å². The Kier molecular flexibility index (Phi) is 10.1. The lowest BCUT2D eigenvalue weighted by molar-refractivity contribution is 0.0520. The highest BCUT2D eigenvalue weighted by molar-refractivity contribution is 5.94. The van der Waals surface area contributed by atoms with E-state index < -0.39 is 17.7 Å². The number of rotatable bonds is 11. The smallest absolute Gasteiger partial charge is 0.407 e. The molecule has 2 heterocycles. The lowest BCUT2D eigenvalue weighted by atomic mass is 9.96. The van der Waals surface area contributed by atoms with Crippen LogP contribution in [0.5, 0.6) is 5.75 Å². The zero-order valence-corrected chi connectivity index (χ0v) is 26.7. The molecular formula is C34H43N5O5. The van der Waals surface area contributed by atoms with Gasteiger partial charge in [-0.15, -0.1) is 0 Å². The molecule has 10 heteroatoms. The van der Waals surface area contributed by atoms with Crippen molar-refractivity contribution in [2.75, 3.05) is 20.2 Å². The average Bonchev–Trinajstić information content (AvgIpc) is 3.35. The molecule has 2 amide bonds. The Balaban J connectivity index is 1.77. The highest BCUT2D eigenvalue weighted by atomic mass is 16.6. The van der Waals surface area contributed by atoms with Gasteiger partial charge in [0, 0.05) is 24.3 Å². The number of alkyl carbamates (subject to hydrolysis) is 1. The zero-order valence-electron chi connectivity index (χ0n) is 26.7. The normalized spacial score (nSPS) is 12.3. The fourth-order valence-corrected chi connectivity index (χ4v) is 5.28. The summed E-state index contributed by atoms with van der Waals surface area (Å²) in [5.41, 5.74) is 2.67. The predicted octanol–water partition coefficient (Wildman–Crippen LogP) is 5.62. The van der Waals surface area contributed by atoms with Gasteiger partial charge in [-0.25, -0.2) is 9.59 Å². The van der Waals surface area contributed by atoms with Crippen molar-refractivity contribution in [1.82, 2.24) is 24.4 Å². The van der Waals surface area contributed by atoms with E-state index >= 15 is 0 Å². The number of nitrogens with one attached hydrogen (secondary N) is 1. The number of hydrogen-bond acceptors (Lipinski definition) is 6. The molecule has 1 atom stereocenters. The maximum Gasteiger partial charge on any atom is 0.407 e. The summed E-state index contributed by atoms with van der Waals surface area (Å²) in [5.74, 6) is 0.393. The molecule has 10 nitrogen and oxygen atoms in total. The average molecular weight is 602 g/mol. The first-order valence-electron chi connectivity index (χ1n) is 14.9. The molecule has 4 rings (SSSR count). The molecule has 0 spiro atoms. The third-order valence-corrected chi connectivity index (χ3v) is 7.17. The third-order valence-electron chi connectivity index (χ3n) is 7.17. The van der Waals surface area contributed by atoms with E-state index in [1.54, 1.807) is 40.8 Å². The van der Waals surface area contributed by atoms with Gasteiger partial charge in [-0.1, -0.05) is 44.2 Å². The number of ether oxygens (including phenoxy) is 2. The Hall–Kier alpha value is -4.60. The Morgan fingerprint density at radius 2 is 1.70 bits per heavy atom. The molecule has 0 fully saturated rings. The van der Waals surface area contributed by atoms with E-state index in [9.17, 15) is 14.4 Å². The summed E-state index contributed by atoms with van der Waals surface area (Å²) in [6.07, 6.45) is -0.0365. The van der Waals surface area contributed by atoms with Gasteiger partial charge in [0.1, 0.15) is 11.4 Å². The Bertz CT molecular complexity index is 1640. The predicted molar refractivity (Wildman–Crippen MR) is 170 cm³/mol. The molecule has 1 unspecified atom stereocenters. The van der Waals surface area contributed by atoms with Crippen molar-refractivity contribution in [1.29, 1.82) is 0 Å². The van der Waals surface area contributed by atoms with Gasteiger partial charge in [0.25, 0.3) is 5.91 Å². The molecule has 0 aliphatic carbocycles. The van der Waals surface area contributed by atoms with E-state index in [2.05, 4.69) is 10.4 Å². The molecule has 44 heavy (non-hydrogen) atoms. The highest BCUT2D eigenvalue weighted by Crippen LogP contribution is 2.31. The van der Waals surface area contributed by atoms with E-state index in [0.717, 1.165) is 11.3 Å². The van der Waals surface area contributed by atoms with Gasteiger partial charge < -0.3 is 19.7 Å². The first-order valence-corrected chi connectivity index (χ1v) is 14.9. The lowest BCUT2D eigenvalue weighted by Crippen LogP contribution is -2.43. The zero-order chi connectivity index (χ0) is 32.0. The van der Waals surface area contributed by atoms with Crippen molar-refractivity contribution < 1.29 is 19.1 Å². The topological polar surface area (TPSA) is 107 Å². The van der Waals surface area contributed by atoms with Crippen molar-refractivity contribution in [3.05, 3.63) is 99.7 Å². The quantitative estimate of drug-likeness (QED) is 0.224. The van der Waals surface area contributed by atoms with Crippen molar-refractivity contribution in [2.24, 2.45) is 5.92 Å². The van der Waals surface area contributed by atoms with Crippen molar-refractivity contribution in [2.45, 2.75) is 66.2 Å². The second-order valence-corrected chi connectivity index (χ2v) is 12.2. The van der Waals surface area contributed by atoms with E-state index in [4.69, 9.17) is 9.47 Å². The number of hydrogen-bond donors (Lipinski definition) is 1. The van der Waals surface area contributed by atoms with Crippen LogP contribution in [0.2, 0.25) is 0 Å². The van der Waals surface area contributed by atoms with Crippen molar-refractivity contribution in [3.63, 3.8) is 0 Å². The van der Waals surface area contributed by atoms with Gasteiger partial charge in [-0.3, -0.25) is 9.36 Å². The standard InChI is InChI=1S/C34H43N5O5/c1-23(2)30(29-21-27-20-24(3)36-39(27)33(42)38(29)22-25-12-9-8-10-13-25)37(19-11-18-35-32(41)44-34(4,5)6)31(40)26-14-16-28(43-7)17-15-26/h8-10,12-17,20-21,23,30H,11,18-19,22H2,1-7H3,(H,35,41). The van der Waals surface area contributed by atoms with Crippen molar-refractivity contribution >= 4 is 17.5 Å². The number of aryl methyl sites for hydroxylation is 1. The third kappa shape index (κ3) is 7.86. The van der Waals surface area contributed by atoms with E-state index in [1.165, 1.54) is 4.52 Å². The lowest BCUT2D eigenvalue weighted by Gasteiger charge is -2.36. The second-order valence-electron chi connectivity index (χ2n) is 12.2. The number of fused-ring (bicyclic) bond motifs is 1. The number of benzene rings is 2. The van der Waals surface area contributed by atoms with Crippen LogP contribution in [0.15, 0.2) is 71.5 Å². The summed E-state index contributed by atoms with van der Waals surface area (Å²) in [6.45, 7) is 12.3. The minimum atomic E-state index is -0.615. The molecule has 0 aliphatic heterocycles. The van der Waals surface area contributed by atoms with E-state index in [1.807, 2.05) is 84.0 Å². The molecule has 2 aromatic carbocycles. The molecule has 0 saturated heterocycles. The summed E-state index contributed by atoms with van der Waals surface area (Å²) in [6, 6.07) is 20.1. The molecule has 1 N–H and O–H groups in total. The first kappa shape index (κ1) is 32.3. The van der Waals surface area contributed by atoms with Crippen LogP contribution in [0.3, 0.4) is 0 Å². The Labute approximate surface area is 258 Å². The summed E-state index contributed by atoms with van der Waals surface area (Å²) in [7, 11) is 1.58. The molecule has 2 aromatic heterocycles. The molecule has 0 radical (unpaired) electrons. The number of carbonyl (C=O) groups is 2. The maximum absolute atomic E-state index is 14.3. The molecule has 4 aromatic rings. The highest BCUT2D eigenvalue weighted by Gasteiger charge is 2.32. The maximum atomic E-state index is 14.3. The summed E-state index contributed by atoms with van der Waals surface area (Å²) in [4.78, 5) is 42.3. The second kappa shape index (κ2) is 13.8. The number of nitrogens with zero attached hydrogens (tertiary/aromatic N) is 4. The van der Waals surface area contributed by atoms with Crippen LogP contribution in [0.4, 0.5) is 4.79 Å². The van der Waals surface area contributed by atoms with Crippen molar-refractivity contribution in [3.8, 4) is 5.75 Å². The minimum Gasteiger partial charge on any atom is -0.497 e. The van der Waals surface area contributed by atoms with Crippen LogP contribution in [0.25, 0.3) is 5.52 Å². The van der Waals surface area contributed by atoms with Crippen LogP contribution >= 0.6 is 0 Å². The van der Waals surface area contributed by atoms with Gasteiger partial charge in [0.05, 0.1) is 30.9 Å². The minimum absolute atomic E-state index is 0.0658. The summed E-state index contributed by atoms with van der Waals surface area (Å²) < 4.78 is 13.8. The monoisotopic (exact) mass is 601 g/mol. The Morgan fingerprint density at radius 1 is 1.02 bits per heavy atom. The van der Waals surface area contributed by atoms with Crippen LogP contribution in [0.1, 0.15) is 74.4 Å². The van der Waals surface area contributed by atoms with Gasteiger partial charge >= 0.3 is 11.8 Å². The molecule has 0 saturated carbocycles. The fourth-order valence-electron chi connectivity index (χ4n) is 5.28. The summed E-state index contributed by atoms with van der Waals surface area (Å²) >= 11 is 0.